The Morgan fingerprint density at radius 1 is 1.18 bits per heavy atom. The standard InChI is InChI=1S/C22H26N2O4/c1-27-22(26)11-8-16-12-17-13-19(9-10-20(17)23-14-16)28-15-21(25)24-18-6-4-2-3-5-7-18/h8-14,18H,2-7,15H2,1H3,(H,24,25)/b11-8+. The fourth-order valence-electron chi connectivity index (χ4n) is 3.38. The van der Waals surface area contributed by atoms with Gasteiger partial charge in [0.15, 0.2) is 6.61 Å². The fourth-order valence-corrected chi connectivity index (χ4v) is 3.38. The molecule has 1 fully saturated rings. The number of ether oxygens (including phenoxy) is 2. The summed E-state index contributed by atoms with van der Waals surface area (Å²) in [5.74, 6) is 0.108. The monoisotopic (exact) mass is 382 g/mol. The zero-order valence-corrected chi connectivity index (χ0v) is 16.1. The van der Waals surface area contributed by atoms with Crippen LogP contribution in [0.4, 0.5) is 0 Å². The third-order valence-electron chi connectivity index (χ3n) is 4.88. The first-order valence-corrected chi connectivity index (χ1v) is 9.72. The van der Waals surface area contributed by atoms with Crippen LogP contribution in [0.5, 0.6) is 5.75 Å². The van der Waals surface area contributed by atoms with Gasteiger partial charge in [-0.15, -0.1) is 0 Å². The van der Waals surface area contributed by atoms with E-state index in [0.29, 0.717) is 5.75 Å². The minimum atomic E-state index is -0.420. The highest BCUT2D eigenvalue weighted by Crippen LogP contribution is 2.21. The van der Waals surface area contributed by atoms with Crippen molar-refractivity contribution >= 4 is 28.9 Å². The number of methoxy groups -OCH3 is 1. The lowest BCUT2D eigenvalue weighted by Gasteiger charge is -2.16. The van der Waals surface area contributed by atoms with Gasteiger partial charge >= 0.3 is 5.97 Å². The largest absolute Gasteiger partial charge is 0.484 e. The van der Waals surface area contributed by atoms with Crippen LogP contribution in [0.25, 0.3) is 17.0 Å². The molecule has 148 valence electrons. The lowest BCUT2D eigenvalue weighted by atomic mass is 10.1. The third-order valence-corrected chi connectivity index (χ3v) is 4.88. The normalized spacial score (nSPS) is 15.3. The fraction of sp³-hybridized carbons (Fsp3) is 0.409. The minimum absolute atomic E-state index is 0.00261. The number of pyridine rings is 1. The first kappa shape index (κ1) is 19.9. The topological polar surface area (TPSA) is 77.5 Å². The Morgan fingerprint density at radius 2 is 1.96 bits per heavy atom. The molecule has 0 spiro atoms. The molecule has 1 aliphatic carbocycles. The summed E-state index contributed by atoms with van der Waals surface area (Å²) >= 11 is 0. The summed E-state index contributed by atoms with van der Waals surface area (Å²) in [5, 5.41) is 3.95. The molecule has 0 saturated heterocycles. The van der Waals surface area contributed by atoms with E-state index in [4.69, 9.17) is 4.74 Å². The summed E-state index contributed by atoms with van der Waals surface area (Å²) in [4.78, 5) is 27.8. The molecule has 0 atom stereocenters. The summed E-state index contributed by atoms with van der Waals surface area (Å²) < 4.78 is 10.3. The second-order valence-electron chi connectivity index (χ2n) is 7.02. The number of fused-ring (bicyclic) bond motifs is 1. The van der Waals surface area contributed by atoms with Gasteiger partial charge in [-0.3, -0.25) is 9.78 Å². The number of carbonyl (C=O) groups is 2. The van der Waals surface area contributed by atoms with Crippen LogP contribution < -0.4 is 10.1 Å². The van der Waals surface area contributed by atoms with Gasteiger partial charge in [-0.25, -0.2) is 4.79 Å². The van der Waals surface area contributed by atoms with E-state index in [1.807, 2.05) is 18.2 Å². The molecule has 1 amide bonds. The van der Waals surface area contributed by atoms with Gasteiger partial charge in [0.1, 0.15) is 5.75 Å². The van der Waals surface area contributed by atoms with Crippen molar-refractivity contribution in [3.8, 4) is 5.75 Å². The van der Waals surface area contributed by atoms with Gasteiger partial charge in [-0.2, -0.15) is 0 Å². The van der Waals surface area contributed by atoms with Crippen LogP contribution in [0.15, 0.2) is 36.5 Å². The zero-order chi connectivity index (χ0) is 19.8. The van der Waals surface area contributed by atoms with Gasteiger partial charge in [0.25, 0.3) is 5.91 Å². The van der Waals surface area contributed by atoms with E-state index in [1.165, 1.54) is 38.9 Å². The lowest BCUT2D eigenvalue weighted by Crippen LogP contribution is -2.37. The van der Waals surface area contributed by atoms with Crippen LogP contribution in [-0.4, -0.2) is 36.6 Å². The molecule has 3 rings (SSSR count). The molecule has 0 radical (unpaired) electrons. The zero-order valence-electron chi connectivity index (χ0n) is 16.1. The second-order valence-corrected chi connectivity index (χ2v) is 7.02. The maximum atomic E-state index is 12.2. The highest BCUT2D eigenvalue weighted by Gasteiger charge is 2.15. The third kappa shape index (κ3) is 5.81. The van der Waals surface area contributed by atoms with E-state index in [1.54, 1.807) is 18.3 Å². The van der Waals surface area contributed by atoms with E-state index in [-0.39, 0.29) is 18.6 Å². The SMILES string of the molecule is COC(=O)/C=C/c1cnc2ccc(OCC(=O)NC3CCCCCC3)cc2c1. The Hall–Kier alpha value is -2.89. The number of amides is 1. The number of nitrogens with zero attached hydrogens (tertiary/aromatic N) is 1. The Bertz CT molecular complexity index is 855. The summed E-state index contributed by atoms with van der Waals surface area (Å²) in [6.07, 6.45) is 11.6. The van der Waals surface area contributed by atoms with Crippen molar-refractivity contribution in [2.75, 3.05) is 13.7 Å². The number of hydrogen-bond acceptors (Lipinski definition) is 5. The predicted octanol–water partition coefficient (Wildman–Crippen LogP) is 3.64. The molecule has 1 saturated carbocycles. The lowest BCUT2D eigenvalue weighted by molar-refractivity contribution is -0.134. The number of rotatable bonds is 6. The average molecular weight is 382 g/mol. The van der Waals surface area contributed by atoms with Crippen LogP contribution in [0.1, 0.15) is 44.1 Å². The average Bonchev–Trinajstić information content (AvgIpc) is 2.98. The van der Waals surface area contributed by atoms with E-state index in [9.17, 15) is 9.59 Å². The van der Waals surface area contributed by atoms with Gasteiger partial charge in [-0.05, 0) is 48.7 Å². The summed E-state index contributed by atoms with van der Waals surface area (Å²) in [6.45, 7) is -0.00261. The molecular weight excluding hydrogens is 356 g/mol. The summed E-state index contributed by atoms with van der Waals surface area (Å²) in [6, 6.07) is 7.67. The van der Waals surface area contributed by atoms with Crippen LogP contribution in [0.3, 0.4) is 0 Å². The molecular formula is C22H26N2O4. The van der Waals surface area contributed by atoms with Gasteiger partial charge in [0, 0.05) is 23.7 Å². The molecule has 0 unspecified atom stereocenters. The number of carbonyl (C=O) groups excluding carboxylic acids is 2. The first-order chi connectivity index (χ1) is 13.6. The highest BCUT2D eigenvalue weighted by molar-refractivity contribution is 5.88. The molecule has 1 N–H and O–H groups in total. The molecule has 0 aliphatic heterocycles. The summed E-state index contributed by atoms with van der Waals surface area (Å²) in [5.41, 5.74) is 1.59. The molecule has 2 aromatic rings. The Morgan fingerprint density at radius 3 is 2.71 bits per heavy atom. The van der Waals surface area contributed by atoms with Crippen molar-refractivity contribution in [3.63, 3.8) is 0 Å². The first-order valence-electron chi connectivity index (χ1n) is 9.72. The van der Waals surface area contributed by atoms with Crippen LogP contribution in [0.2, 0.25) is 0 Å². The van der Waals surface area contributed by atoms with Crippen molar-refractivity contribution < 1.29 is 19.1 Å². The van der Waals surface area contributed by atoms with Gasteiger partial charge in [0.05, 0.1) is 12.6 Å². The van der Waals surface area contributed by atoms with Gasteiger partial charge in [-0.1, -0.05) is 25.7 Å². The van der Waals surface area contributed by atoms with Crippen molar-refractivity contribution in [2.24, 2.45) is 0 Å². The van der Waals surface area contributed by atoms with Crippen molar-refractivity contribution in [1.29, 1.82) is 0 Å². The van der Waals surface area contributed by atoms with E-state index in [0.717, 1.165) is 29.3 Å². The second kappa shape index (κ2) is 9.88. The minimum Gasteiger partial charge on any atom is -0.484 e. The highest BCUT2D eigenvalue weighted by atomic mass is 16.5. The predicted molar refractivity (Wildman–Crippen MR) is 108 cm³/mol. The number of benzene rings is 1. The van der Waals surface area contributed by atoms with Crippen LogP contribution in [0, 0.1) is 0 Å². The quantitative estimate of drug-likeness (QED) is 0.469. The van der Waals surface area contributed by atoms with Crippen molar-refractivity contribution in [2.45, 2.75) is 44.6 Å². The summed E-state index contributed by atoms with van der Waals surface area (Å²) in [7, 11) is 1.33. The molecule has 1 aliphatic rings. The van der Waals surface area contributed by atoms with E-state index < -0.39 is 5.97 Å². The molecule has 1 heterocycles. The Balaban J connectivity index is 1.60. The number of hydrogen-bond donors (Lipinski definition) is 1. The molecule has 1 aromatic carbocycles. The van der Waals surface area contributed by atoms with Crippen LogP contribution >= 0.6 is 0 Å². The van der Waals surface area contributed by atoms with Crippen molar-refractivity contribution in [1.82, 2.24) is 10.3 Å². The molecule has 6 nitrogen and oxygen atoms in total. The number of esters is 1. The maximum absolute atomic E-state index is 12.2. The van der Waals surface area contributed by atoms with E-state index >= 15 is 0 Å². The maximum Gasteiger partial charge on any atom is 0.330 e. The molecule has 6 heteroatoms. The van der Waals surface area contributed by atoms with Crippen LogP contribution in [-0.2, 0) is 14.3 Å². The Labute approximate surface area is 164 Å². The number of aromatic nitrogens is 1. The Kier molecular flexibility index (Phi) is 7.00. The molecule has 0 bridgehead atoms. The number of nitrogens with one attached hydrogen (secondary N) is 1. The van der Waals surface area contributed by atoms with Gasteiger partial charge < -0.3 is 14.8 Å². The van der Waals surface area contributed by atoms with E-state index in [2.05, 4.69) is 15.0 Å². The van der Waals surface area contributed by atoms with Gasteiger partial charge in [0.2, 0.25) is 0 Å². The van der Waals surface area contributed by atoms with Crippen molar-refractivity contribution in [3.05, 3.63) is 42.1 Å². The molecule has 1 aromatic heterocycles. The molecule has 28 heavy (non-hydrogen) atoms. The smallest absolute Gasteiger partial charge is 0.330 e.